The summed E-state index contributed by atoms with van der Waals surface area (Å²) in [6.45, 7) is 3.29. The molecule has 5 heteroatoms. The van der Waals surface area contributed by atoms with Crippen molar-refractivity contribution in [2.45, 2.75) is 19.1 Å². The van der Waals surface area contributed by atoms with Crippen LogP contribution in [-0.2, 0) is 9.47 Å². The first-order valence-corrected chi connectivity index (χ1v) is 6.24. The molecule has 19 heavy (non-hydrogen) atoms. The van der Waals surface area contributed by atoms with Crippen LogP contribution in [0.5, 0.6) is 11.5 Å². The maximum absolute atomic E-state index is 9.56. The molecule has 2 atom stereocenters. The fraction of sp³-hybridized carbons (Fsp3) is 0.571. The van der Waals surface area contributed by atoms with E-state index in [9.17, 15) is 5.11 Å². The van der Waals surface area contributed by atoms with E-state index < -0.39 is 0 Å². The Kier molecular flexibility index (Phi) is 6.62. The van der Waals surface area contributed by atoms with Gasteiger partial charge in [0.25, 0.3) is 0 Å². The number of methoxy groups -OCH3 is 3. The highest BCUT2D eigenvalue weighted by atomic mass is 16.5. The lowest BCUT2D eigenvalue weighted by molar-refractivity contribution is 0.0276. The summed E-state index contributed by atoms with van der Waals surface area (Å²) in [6, 6.07) is 5.46. The Labute approximate surface area is 114 Å². The molecule has 0 radical (unpaired) electrons. The molecule has 108 valence electrons. The van der Waals surface area contributed by atoms with Crippen molar-refractivity contribution in [3.8, 4) is 11.5 Å². The highest BCUT2D eigenvalue weighted by molar-refractivity contribution is 5.42. The van der Waals surface area contributed by atoms with Gasteiger partial charge in [-0.2, -0.15) is 0 Å². The molecule has 0 spiro atoms. The van der Waals surface area contributed by atoms with Gasteiger partial charge in [0.1, 0.15) is 0 Å². The first-order valence-electron chi connectivity index (χ1n) is 6.24. The Morgan fingerprint density at radius 3 is 2.58 bits per heavy atom. The van der Waals surface area contributed by atoms with E-state index in [1.165, 1.54) is 7.11 Å². The second kappa shape index (κ2) is 7.99. The zero-order chi connectivity index (χ0) is 14.3. The third kappa shape index (κ3) is 4.70. The van der Waals surface area contributed by atoms with Crippen LogP contribution in [0.2, 0.25) is 0 Å². The molecule has 0 aliphatic carbocycles. The van der Waals surface area contributed by atoms with Crippen molar-refractivity contribution in [3.63, 3.8) is 0 Å². The average molecular weight is 269 g/mol. The van der Waals surface area contributed by atoms with Gasteiger partial charge in [-0.15, -0.1) is 0 Å². The van der Waals surface area contributed by atoms with E-state index in [1.54, 1.807) is 20.3 Å². The maximum Gasteiger partial charge on any atom is 0.160 e. The lowest BCUT2D eigenvalue weighted by Gasteiger charge is -2.20. The highest BCUT2D eigenvalue weighted by Crippen LogP contribution is 2.28. The SMILES string of the molecule is COCC(CNC(C)c1ccc(O)c(OC)c1)OC. The number of ether oxygens (including phenoxy) is 3. The summed E-state index contributed by atoms with van der Waals surface area (Å²) in [6.07, 6.45) is 0.0199. The van der Waals surface area contributed by atoms with E-state index in [2.05, 4.69) is 5.32 Å². The Hall–Kier alpha value is -1.30. The number of phenolic OH excluding ortho intramolecular Hbond substituents is 1. The summed E-state index contributed by atoms with van der Waals surface area (Å²) in [5.74, 6) is 0.624. The first-order chi connectivity index (χ1) is 9.12. The molecule has 0 heterocycles. The Morgan fingerprint density at radius 2 is 2.00 bits per heavy atom. The lowest BCUT2D eigenvalue weighted by Crippen LogP contribution is -2.33. The molecule has 0 saturated carbocycles. The Balaban J connectivity index is 2.60. The van der Waals surface area contributed by atoms with Crippen molar-refractivity contribution in [2.24, 2.45) is 0 Å². The van der Waals surface area contributed by atoms with Crippen LogP contribution in [0, 0.1) is 0 Å². The van der Waals surface area contributed by atoms with Crippen molar-refractivity contribution < 1.29 is 19.3 Å². The second-order valence-corrected chi connectivity index (χ2v) is 4.37. The van der Waals surface area contributed by atoms with Crippen LogP contribution >= 0.6 is 0 Å². The zero-order valence-electron chi connectivity index (χ0n) is 12.0. The lowest BCUT2D eigenvalue weighted by atomic mass is 10.1. The van der Waals surface area contributed by atoms with E-state index >= 15 is 0 Å². The predicted octanol–water partition coefficient (Wildman–Crippen LogP) is 1.71. The summed E-state index contributed by atoms with van der Waals surface area (Å²) in [5, 5.41) is 12.9. The summed E-state index contributed by atoms with van der Waals surface area (Å²) >= 11 is 0. The molecule has 2 unspecified atom stereocenters. The van der Waals surface area contributed by atoms with Gasteiger partial charge in [-0.05, 0) is 24.6 Å². The number of hydrogen-bond acceptors (Lipinski definition) is 5. The van der Waals surface area contributed by atoms with Gasteiger partial charge < -0.3 is 24.6 Å². The van der Waals surface area contributed by atoms with Crippen LogP contribution in [0.1, 0.15) is 18.5 Å². The molecule has 0 aliphatic rings. The molecular weight excluding hydrogens is 246 g/mol. The molecule has 0 aliphatic heterocycles. The van der Waals surface area contributed by atoms with Gasteiger partial charge in [0.2, 0.25) is 0 Å². The minimum Gasteiger partial charge on any atom is -0.504 e. The van der Waals surface area contributed by atoms with Crippen LogP contribution < -0.4 is 10.1 Å². The molecule has 5 nitrogen and oxygen atoms in total. The molecule has 0 fully saturated rings. The third-order valence-electron chi connectivity index (χ3n) is 3.04. The molecule has 1 aromatic carbocycles. The van der Waals surface area contributed by atoms with Gasteiger partial charge in [0.05, 0.1) is 19.8 Å². The number of aromatic hydroxyl groups is 1. The third-order valence-corrected chi connectivity index (χ3v) is 3.04. The van der Waals surface area contributed by atoms with E-state index in [1.807, 2.05) is 19.1 Å². The quantitative estimate of drug-likeness (QED) is 0.752. The predicted molar refractivity (Wildman–Crippen MR) is 73.7 cm³/mol. The molecule has 1 rings (SSSR count). The van der Waals surface area contributed by atoms with Gasteiger partial charge in [0.15, 0.2) is 11.5 Å². The normalized spacial score (nSPS) is 14.1. The summed E-state index contributed by atoms with van der Waals surface area (Å²) in [5.41, 5.74) is 1.04. The fourth-order valence-corrected chi connectivity index (χ4v) is 1.79. The number of hydrogen-bond donors (Lipinski definition) is 2. The first kappa shape index (κ1) is 15.8. The van der Waals surface area contributed by atoms with Crippen LogP contribution in [-0.4, -0.2) is 45.7 Å². The summed E-state index contributed by atoms with van der Waals surface area (Å²) < 4.78 is 15.5. The number of phenols is 1. The van der Waals surface area contributed by atoms with Gasteiger partial charge in [-0.3, -0.25) is 0 Å². The van der Waals surface area contributed by atoms with Crippen molar-refractivity contribution in [1.82, 2.24) is 5.32 Å². The van der Waals surface area contributed by atoms with Crippen LogP contribution in [0.15, 0.2) is 18.2 Å². The summed E-state index contributed by atoms with van der Waals surface area (Å²) in [4.78, 5) is 0. The van der Waals surface area contributed by atoms with E-state index in [4.69, 9.17) is 14.2 Å². The monoisotopic (exact) mass is 269 g/mol. The highest BCUT2D eigenvalue weighted by Gasteiger charge is 2.12. The maximum atomic E-state index is 9.56. The smallest absolute Gasteiger partial charge is 0.160 e. The zero-order valence-corrected chi connectivity index (χ0v) is 12.0. The van der Waals surface area contributed by atoms with Crippen LogP contribution in [0.4, 0.5) is 0 Å². The molecule has 2 N–H and O–H groups in total. The molecule has 0 bridgehead atoms. The molecular formula is C14H23NO4. The van der Waals surface area contributed by atoms with Crippen molar-refractivity contribution in [2.75, 3.05) is 34.5 Å². The number of nitrogens with one attached hydrogen (secondary N) is 1. The van der Waals surface area contributed by atoms with Crippen molar-refractivity contribution in [1.29, 1.82) is 0 Å². The molecule has 0 amide bonds. The Morgan fingerprint density at radius 1 is 1.26 bits per heavy atom. The van der Waals surface area contributed by atoms with Crippen LogP contribution in [0.3, 0.4) is 0 Å². The van der Waals surface area contributed by atoms with Crippen molar-refractivity contribution >= 4 is 0 Å². The summed E-state index contributed by atoms with van der Waals surface area (Å²) in [7, 11) is 4.86. The minimum atomic E-state index is 0.0199. The molecule has 1 aromatic rings. The van der Waals surface area contributed by atoms with Crippen LogP contribution in [0.25, 0.3) is 0 Å². The van der Waals surface area contributed by atoms with Crippen molar-refractivity contribution in [3.05, 3.63) is 23.8 Å². The van der Waals surface area contributed by atoms with Gasteiger partial charge in [-0.25, -0.2) is 0 Å². The van der Waals surface area contributed by atoms with E-state index in [0.717, 1.165) is 5.56 Å². The Bertz CT molecular complexity index is 384. The average Bonchev–Trinajstić information content (AvgIpc) is 2.43. The largest absolute Gasteiger partial charge is 0.504 e. The topological polar surface area (TPSA) is 60.0 Å². The minimum absolute atomic E-state index is 0.0199. The number of rotatable bonds is 8. The van der Waals surface area contributed by atoms with E-state index in [0.29, 0.717) is 18.9 Å². The molecule has 0 saturated heterocycles. The molecule has 0 aromatic heterocycles. The van der Waals surface area contributed by atoms with E-state index in [-0.39, 0.29) is 17.9 Å². The fourth-order valence-electron chi connectivity index (χ4n) is 1.79. The van der Waals surface area contributed by atoms with Gasteiger partial charge >= 0.3 is 0 Å². The standard InChI is InChI=1S/C14H23NO4/c1-10(15-8-12(18-3)9-17-2)11-5-6-13(16)14(7-11)19-4/h5-7,10,12,15-16H,8-9H2,1-4H3. The van der Waals surface area contributed by atoms with Gasteiger partial charge in [0, 0.05) is 26.8 Å². The second-order valence-electron chi connectivity index (χ2n) is 4.37. The van der Waals surface area contributed by atoms with Gasteiger partial charge in [-0.1, -0.05) is 6.07 Å². The number of benzene rings is 1.